The Bertz CT molecular complexity index is 862. The fourth-order valence-electron chi connectivity index (χ4n) is 2.34. The second-order valence-electron chi connectivity index (χ2n) is 5.86. The summed E-state index contributed by atoms with van der Waals surface area (Å²) in [6, 6.07) is 11.7. The summed E-state index contributed by atoms with van der Waals surface area (Å²) in [4.78, 5) is 2.29. The number of hydrogen-bond acceptors (Lipinski definition) is 5. The number of nitrogens with zero attached hydrogens (tertiary/aromatic N) is 1. The van der Waals surface area contributed by atoms with Crippen molar-refractivity contribution in [3.63, 3.8) is 0 Å². The fourth-order valence-corrected chi connectivity index (χ4v) is 3.14. The molecule has 7 heteroatoms. The van der Waals surface area contributed by atoms with E-state index in [0.717, 1.165) is 12.0 Å². The van der Waals surface area contributed by atoms with Crippen molar-refractivity contribution in [3.05, 3.63) is 53.6 Å². The van der Waals surface area contributed by atoms with Crippen molar-refractivity contribution in [2.24, 2.45) is 5.10 Å². The highest BCUT2D eigenvalue weighted by Gasteiger charge is 2.13. The maximum absolute atomic E-state index is 12.3. The third kappa shape index (κ3) is 4.76. The van der Waals surface area contributed by atoms with Gasteiger partial charge in [0.25, 0.3) is 10.0 Å². The highest BCUT2D eigenvalue weighted by atomic mass is 32.2. The molecule has 0 aromatic heterocycles. The molecule has 6 nitrogen and oxygen atoms in total. The van der Waals surface area contributed by atoms with E-state index < -0.39 is 10.0 Å². The lowest BCUT2D eigenvalue weighted by Crippen LogP contribution is -2.18. The van der Waals surface area contributed by atoms with Gasteiger partial charge in [0, 0.05) is 5.56 Å². The van der Waals surface area contributed by atoms with E-state index in [1.165, 1.54) is 6.21 Å². The molecule has 0 spiro atoms. The van der Waals surface area contributed by atoms with E-state index >= 15 is 0 Å². The van der Waals surface area contributed by atoms with Crippen molar-refractivity contribution in [3.8, 4) is 11.5 Å². The summed E-state index contributed by atoms with van der Waals surface area (Å²) >= 11 is 0. The van der Waals surface area contributed by atoms with E-state index in [9.17, 15) is 13.5 Å². The van der Waals surface area contributed by atoms with Gasteiger partial charge in [-0.15, -0.1) is 0 Å². The predicted octanol–water partition coefficient (Wildman–Crippen LogP) is 3.62. The van der Waals surface area contributed by atoms with E-state index in [2.05, 4.69) is 23.8 Å². The van der Waals surface area contributed by atoms with Crippen LogP contribution >= 0.6 is 0 Å². The van der Waals surface area contributed by atoms with Crippen molar-refractivity contribution in [2.75, 3.05) is 6.61 Å². The molecule has 26 heavy (non-hydrogen) atoms. The van der Waals surface area contributed by atoms with Crippen LogP contribution in [0.2, 0.25) is 0 Å². The maximum Gasteiger partial charge on any atom is 0.276 e. The molecule has 2 aromatic rings. The number of phenols is 1. The fraction of sp³-hybridized carbons (Fsp3) is 0.316. The first-order valence-corrected chi connectivity index (χ1v) is 9.97. The highest BCUT2D eigenvalue weighted by Crippen LogP contribution is 2.28. The van der Waals surface area contributed by atoms with Crippen LogP contribution in [-0.4, -0.2) is 26.3 Å². The number of ether oxygens (including phenoxy) is 1. The molecule has 0 saturated carbocycles. The quantitative estimate of drug-likeness (QED) is 0.544. The largest absolute Gasteiger partial charge is 0.504 e. The van der Waals surface area contributed by atoms with Gasteiger partial charge < -0.3 is 9.84 Å². The maximum atomic E-state index is 12.3. The van der Waals surface area contributed by atoms with Crippen LogP contribution in [0.5, 0.6) is 11.5 Å². The van der Waals surface area contributed by atoms with Crippen LogP contribution in [0.3, 0.4) is 0 Å². The minimum atomic E-state index is -3.77. The van der Waals surface area contributed by atoms with Crippen LogP contribution in [-0.2, 0) is 10.0 Å². The average molecular weight is 376 g/mol. The zero-order valence-corrected chi connectivity index (χ0v) is 16.0. The molecular formula is C19H24N2O4S. The van der Waals surface area contributed by atoms with Gasteiger partial charge in [-0.1, -0.05) is 32.0 Å². The standard InChI is InChI=1S/C19H24N2O4S/c1-4-14(3)15-9-11-17(12-10-15)26(23,24)21-20-13-16-7-6-8-18(19(16)22)25-5-2/h6-14,21-22H,4-5H2,1-3H3/b20-13-/t14-/m1/s1. The molecule has 0 fully saturated rings. The van der Waals surface area contributed by atoms with Crippen LogP contribution in [0.1, 0.15) is 44.2 Å². The van der Waals surface area contributed by atoms with Gasteiger partial charge in [0.2, 0.25) is 0 Å². The summed E-state index contributed by atoms with van der Waals surface area (Å²) in [6.07, 6.45) is 2.22. The molecule has 1 atom stereocenters. The molecule has 0 unspecified atom stereocenters. The van der Waals surface area contributed by atoms with E-state index in [4.69, 9.17) is 4.74 Å². The third-order valence-electron chi connectivity index (χ3n) is 4.08. The molecule has 0 aliphatic rings. The molecule has 0 aliphatic heterocycles. The number of hydrazone groups is 1. The van der Waals surface area contributed by atoms with Crippen molar-refractivity contribution in [1.29, 1.82) is 0 Å². The number of hydrogen-bond donors (Lipinski definition) is 2. The van der Waals surface area contributed by atoms with E-state index in [1.807, 2.05) is 12.1 Å². The molecule has 140 valence electrons. The summed E-state index contributed by atoms with van der Waals surface area (Å²) in [6.45, 7) is 6.39. The first kappa shape index (κ1) is 19.8. The average Bonchev–Trinajstić information content (AvgIpc) is 2.64. The lowest BCUT2D eigenvalue weighted by Gasteiger charge is -2.10. The summed E-state index contributed by atoms with van der Waals surface area (Å²) in [5.74, 6) is 0.605. The predicted molar refractivity (Wildman–Crippen MR) is 102 cm³/mol. The number of para-hydroxylation sites is 1. The highest BCUT2D eigenvalue weighted by molar-refractivity contribution is 7.89. The summed E-state index contributed by atoms with van der Waals surface area (Å²) in [5, 5.41) is 13.8. The topological polar surface area (TPSA) is 88.0 Å². The van der Waals surface area contributed by atoms with Crippen LogP contribution in [0, 0.1) is 0 Å². The molecule has 0 radical (unpaired) electrons. The van der Waals surface area contributed by atoms with Gasteiger partial charge in [0.15, 0.2) is 11.5 Å². The lowest BCUT2D eigenvalue weighted by atomic mass is 9.99. The Morgan fingerprint density at radius 2 is 1.88 bits per heavy atom. The van der Waals surface area contributed by atoms with E-state index in [0.29, 0.717) is 23.8 Å². The van der Waals surface area contributed by atoms with Crippen LogP contribution in [0.25, 0.3) is 0 Å². The van der Waals surface area contributed by atoms with Crippen LogP contribution in [0.4, 0.5) is 0 Å². The van der Waals surface area contributed by atoms with E-state index in [-0.39, 0.29) is 10.6 Å². The van der Waals surface area contributed by atoms with Gasteiger partial charge in [0.1, 0.15) is 0 Å². The Morgan fingerprint density at radius 1 is 1.19 bits per heavy atom. The Balaban J connectivity index is 2.13. The number of benzene rings is 2. The van der Waals surface area contributed by atoms with Gasteiger partial charge in [-0.3, -0.25) is 0 Å². The summed E-state index contributed by atoms with van der Waals surface area (Å²) in [5.41, 5.74) is 1.44. The van der Waals surface area contributed by atoms with Gasteiger partial charge in [-0.05, 0) is 49.1 Å². The number of rotatable bonds is 8. The Labute approximate surface area is 154 Å². The number of aromatic hydroxyl groups is 1. The van der Waals surface area contributed by atoms with Gasteiger partial charge in [0.05, 0.1) is 17.7 Å². The zero-order chi connectivity index (χ0) is 19.2. The van der Waals surface area contributed by atoms with Gasteiger partial charge in [-0.2, -0.15) is 13.5 Å². The number of nitrogens with one attached hydrogen (secondary N) is 1. The van der Waals surface area contributed by atoms with E-state index in [1.54, 1.807) is 37.3 Å². The van der Waals surface area contributed by atoms with Gasteiger partial charge >= 0.3 is 0 Å². The zero-order valence-electron chi connectivity index (χ0n) is 15.1. The molecule has 0 bridgehead atoms. The van der Waals surface area contributed by atoms with Crippen LogP contribution < -0.4 is 9.57 Å². The Morgan fingerprint density at radius 3 is 2.50 bits per heavy atom. The Hall–Kier alpha value is -2.54. The molecule has 2 aromatic carbocycles. The number of phenolic OH excluding ortho intramolecular Hbond substituents is 1. The first-order chi connectivity index (χ1) is 12.4. The normalized spacial score (nSPS) is 12.9. The molecule has 0 heterocycles. The summed E-state index contributed by atoms with van der Waals surface area (Å²) < 4.78 is 29.9. The SMILES string of the molecule is CCOc1cccc(/C=N\NS(=O)(=O)c2ccc([C@H](C)CC)cc2)c1O. The minimum Gasteiger partial charge on any atom is -0.504 e. The molecule has 2 N–H and O–H groups in total. The monoisotopic (exact) mass is 376 g/mol. The second kappa shape index (κ2) is 8.71. The summed E-state index contributed by atoms with van der Waals surface area (Å²) in [7, 11) is -3.77. The second-order valence-corrected chi connectivity index (χ2v) is 7.52. The molecular weight excluding hydrogens is 352 g/mol. The molecule has 2 rings (SSSR count). The van der Waals surface area contributed by atoms with Crippen molar-refractivity contribution in [1.82, 2.24) is 4.83 Å². The Kier molecular flexibility index (Phi) is 6.63. The molecule has 0 amide bonds. The van der Waals surface area contributed by atoms with Crippen LogP contribution in [0.15, 0.2) is 52.5 Å². The van der Waals surface area contributed by atoms with Gasteiger partial charge in [-0.25, -0.2) is 4.83 Å². The molecule has 0 saturated heterocycles. The number of sulfonamides is 1. The molecule has 0 aliphatic carbocycles. The van der Waals surface area contributed by atoms with Crippen molar-refractivity contribution >= 4 is 16.2 Å². The minimum absolute atomic E-state index is 0.0878. The first-order valence-electron chi connectivity index (χ1n) is 8.48. The lowest BCUT2D eigenvalue weighted by molar-refractivity contribution is 0.318. The third-order valence-corrected chi connectivity index (χ3v) is 5.32. The smallest absolute Gasteiger partial charge is 0.276 e. The van der Waals surface area contributed by atoms with Crippen molar-refractivity contribution in [2.45, 2.75) is 38.0 Å². The van der Waals surface area contributed by atoms with Crippen molar-refractivity contribution < 1.29 is 18.3 Å².